The summed E-state index contributed by atoms with van der Waals surface area (Å²) in [5, 5.41) is 10.1. The Labute approximate surface area is 246 Å². The van der Waals surface area contributed by atoms with Crippen molar-refractivity contribution in [2.45, 2.75) is 31.3 Å². The first-order valence-corrected chi connectivity index (χ1v) is 12.7. The van der Waals surface area contributed by atoms with Gasteiger partial charge in [0.25, 0.3) is 15.6 Å². The molecule has 3 rings (SSSR count). The van der Waals surface area contributed by atoms with E-state index in [-0.39, 0.29) is 87.7 Å². The first kappa shape index (κ1) is 38.5. The van der Waals surface area contributed by atoms with Gasteiger partial charge in [0.15, 0.2) is 5.82 Å². The minimum absolute atomic E-state index is 0. The Balaban J connectivity index is 0. The molecule has 1 saturated heterocycles. The Hall–Kier alpha value is 1.36. The van der Waals surface area contributed by atoms with Crippen molar-refractivity contribution in [1.82, 2.24) is 9.55 Å². The predicted octanol–water partition coefficient (Wildman–Crippen LogP) is -15.4. The predicted molar refractivity (Wildman–Crippen MR) is 87.3 cm³/mol. The maximum atomic E-state index is 12.2. The standard InChI is InChI=1S/C11H18N3O14P3.4Li/c15-7-3-9(14-4-6-1-2-24-13-10(6)12-11(14)16)26-8(7)5-25-30(20,21)28-31(22,23)27-29(17,18)19;;;;/h4,7-9,15H,1-3,5H2,(H,20,21)(H,22,23)(H,12,13,16)(H2,17,18,19);;;;/q;4*+1/p-4. The van der Waals surface area contributed by atoms with Crippen LogP contribution in [0.25, 0.3) is 0 Å². The van der Waals surface area contributed by atoms with Gasteiger partial charge in [-0.15, -0.1) is 0 Å². The maximum Gasteiger partial charge on any atom is 1.00 e. The van der Waals surface area contributed by atoms with Crippen molar-refractivity contribution in [1.29, 1.82) is 0 Å². The fourth-order valence-corrected chi connectivity index (χ4v) is 5.62. The van der Waals surface area contributed by atoms with E-state index in [4.69, 9.17) is 9.57 Å². The summed E-state index contributed by atoms with van der Waals surface area (Å²) >= 11 is 0. The van der Waals surface area contributed by atoms with E-state index in [0.29, 0.717) is 18.6 Å². The molecular formula is C11H14Li4N3O14P3. The average molecular weight is 533 g/mol. The quantitative estimate of drug-likeness (QED) is 0.232. The summed E-state index contributed by atoms with van der Waals surface area (Å²) in [6.07, 6.45) is -2.04. The van der Waals surface area contributed by atoms with Gasteiger partial charge in [0, 0.05) is 24.6 Å². The molecule has 2 aliphatic rings. The molecule has 0 saturated carbocycles. The number of fused-ring (bicyclic) bond motifs is 1. The van der Waals surface area contributed by atoms with Crippen molar-refractivity contribution in [2.24, 2.45) is 0 Å². The van der Waals surface area contributed by atoms with E-state index < -0.39 is 54.2 Å². The number of hydrogen-bond donors (Lipinski definition) is 2. The first-order valence-electron chi connectivity index (χ1n) is 8.29. The van der Waals surface area contributed by atoms with Gasteiger partial charge in [-0.1, -0.05) is 0 Å². The second kappa shape index (κ2) is 15.2. The Morgan fingerprint density at radius 1 is 1.11 bits per heavy atom. The first-order chi connectivity index (χ1) is 14.2. The van der Waals surface area contributed by atoms with Crippen LogP contribution < -0.4 is 106 Å². The van der Waals surface area contributed by atoms with Gasteiger partial charge in [0.1, 0.15) is 12.3 Å². The van der Waals surface area contributed by atoms with Crippen LogP contribution in [0.5, 0.6) is 0 Å². The molecule has 2 N–H and O–H groups in total. The van der Waals surface area contributed by atoms with Gasteiger partial charge in [-0.05, 0) is 0 Å². The number of aromatic nitrogens is 2. The number of nitrogens with zero attached hydrogens (tertiary/aromatic N) is 2. The van der Waals surface area contributed by atoms with Gasteiger partial charge in [-0.3, -0.25) is 22.8 Å². The monoisotopic (exact) mass is 533 g/mol. The van der Waals surface area contributed by atoms with Crippen molar-refractivity contribution in [3.63, 3.8) is 0 Å². The van der Waals surface area contributed by atoms with Crippen LogP contribution >= 0.6 is 23.5 Å². The molecular weight excluding hydrogens is 519 g/mol. The van der Waals surface area contributed by atoms with Crippen LogP contribution in [-0.2, 0) is 42.8 Å². The zero-order valence-electron chi connectivity index (χ0n) is 19.1. The van der Waals surface area contributed by atoms with E-state index in [1.165, 1.54) is 6.20 Å². The van der Waals surface area contributed by atoms with E-state index in [0.717, 1.165) is 4.57 Å². The van der Waals surface area contributed by atoms with E-state index in [1.807, 2.05) is 0 Å². The molecule has 0 aromatic carbocycles. The molecule has 35 heavy (non-hydrogen) atoms. The summed E-state index contributed by atoms with van der Waals surface area (Å²) in [6.45, 7) is -0.648. The van der Waals surface area contributed by atoms with Crippen LogP contribution in [0.1, 0.15) is 18.2 Å². The van der Waals surface area contributed by atoms with Gasteiger partial charge in [-0.25, -0.2) is 14.6 Å². The summed E-state index contributed by atoms with van der Waals surface area (Å²) in [5.41, 5.74) is 2.35. The number of nitrogens with one attached hydrogen (secondary N) is 1. The van der Waals surface area contributed by atoms with E-state index in [2.05, 4.69) is 23.6 Å². The zero-order chi connectivity index (χ0) is 23.0. The molecule has 1 fully saturated rings. The largest absolute Gasteiger partial charge is 1.00 e. The fourth-order valence-electron chi connectivity index (χ4n) is 2.75. The molecule has 0 spiro atoms. The minimum atomic E-state index is -6.11. The molecule has 0 aliphatic carbocycles. The molecule has 17 nitrogen and oxygen atoms in total. The summed E-state index contributed by atoms with van der Waals surface area (Å²) < 4.78 is 50.2. The summed E-state index contributed by atoms with van der Waals surface area (Å²) in [5.74, 6) is 0.223. The zero-order valence-corrected chi connectivity index (χ0v) is 21.8. The van der Waals surface area contributed by atoms with Gasteiger partial charge in [0.2, 0.25) is 0 Å². The smallest absolute Gasteiger partial charge is 0.790 e. The van der Waals surface area contributed by atoms with Gasteiger partial charge in [0.05, 0.1) is 27.1 Å². The van der Waals surface area contributed by atoms with Crippen molar-refractivity contribution in [3.05, 3.63) is 22.2 Å². The van der Waals surface area contributed by atoms with Crippen LogP contribution in [0.3, 0.4) is 0 Å². The number of hydrogen-bond acceptors (Lipinski definition) is 16. The third-order valence-electron chi connectivity index (χ3n) is 3.98. The van der Waals surface area contributed by atoms with Crippen molar-refractivity contribution < 1.29 is 137 Å². The van der Waals surface area contributed by atoms with Crippen LogP contribution in [0.2, 0.25) is 0 Å². The summed E-state index contributed by atoms with van der Waals surface area (Å²) in [7, 11) is -18.0. The van der Waals surface area contributed by atoms with E-state index >= 15 is 0 Å². The maximum absolute atomic E-state index is 12.2. The third-order valence-corrected chi connectivity index (χ3v) is 7.65. The number of rotatable bonds is 8. The van der Waals surface area contributed by atoms with Crippen molar-refractivity contribution in [2.75, 3.05) is 18.7 Å². The fraction of sp³-hybridized carbons (Fsp3) is 0.636. The molecule has 2 aliphatic heterocycles. The minimum Gasteiger partial charge on any atom is -0.790 e. The molecule has 5 unspecified atom stereocenters. The summed E-state index contributed by atoms with van der Waals surface area (Å²) in [6, 6.07) is 0. The summed E-state index contributed by atoms with van der Waals surface area (Å²) in [4.78, 5) is 64.2. The normalized spacial score (nSPS) is 24.5. The Bertz CT molecular complexity index is 1040. The van der Waals surface area contributed by atoms with Gasteiger partial charge in [-0.2, -0.15) is 4.98 Å². The molecule has 0 bridgehead atoms. The molecule has 5 atom stereocenters. The van der Waals surface area contributed by atoms with Crippen molar-refractivity contribution in [3.8, 4) is 0 Å². The van der Waals surface area contributed by atoms with Crippen LogP contribution in [0.15, 0.2) is 11.0 Å². The van der Waals surface area contributed by atoms with Crippen LogP contribution in [-0.4, -0.2) is 40.1 Å². The number of aliphatic hydroxyl groups excluding tert-OH is 1. The third kappa shape index (κ3) is 11.6. The molecule has 0 radical (unpaired) electrons. The van der Waals surface area contributed by atoms with Gasteiger partial charge < -0.3 is 38.5 Å². The second-order valence-electron chi connectivity index (χ2n) is 6.24. The molecule has 3 heterocycles. The van der Waals surface area contributed by atoms with Crippen LogP contribution in [0, 0.1) is 0 Å². The Morgan fingerprint density at radius 3 is 2.34 bits per heavy atom. The second-order valence-corrected chi connectivity index (χ2v) is 10.5. The molecule has 1 aromatic rings. The Kier molecular flexibility index (Phi) is 16.8. The topological polar surface area (TPSA) is 257 Å². The number of phosphoric ester groups is 1. The van der Waals surface area contributed by atoms with E-state index in [1.54, 1.807) is 0 Å². The van der Waals surface area contributed by atoms with E-state index in [9.17, 15) is 43.2 Å². The number of ether oxygens (including phenoxy) is 1. The number of phosphoric acid groups is 3. The molecule has 1 aromatic heterocycles. The van der Waals surface area contributed by atoms with Gasteiger partial charge >= 0.3 is 81.1 Å². The molecule has 0 amide bonds. The van der Waals surface area contributed by atoms with Crippen molar-refractivity contribution >= 4 is 29.3 Å². The molecule has 176 valence electrons. The number of aliphatic hydroxyl groups is 1. The SMILES string of the molecule is O=c1nc2c(cn1C1CC(O)C(COP(=O)([O-])OP(=O)([O-])OP(=O)([O-])[O-])O1)CCON2.[Li+].[Li+].[Li+].[Li+]. The average Bonchev–Trinajstić information content (AvgIpc) is 2.97. The van der Waals surface area contributed by atoms with Crippen LogP contribution in [0.4, 0.5) is 5.82 Å². The Morgan fingerprint density at radius 2 is 1.74 bits per heavy atom. The molecule has 24 heteroatoms. The number of anilines is 1.